The number of hydrogen-bond donors (Lipinski definition) is 1. The Balaban J connectivity index is 1.68. The number of rotatable bonds is 4. The van der Waals surface area contributed by atoms with Crippen molar-refractivity contribution in [1.29, 1.82) is 0 Å². The van der Waals surface area contributed by atoms with Crippen molar-refractivity contribution in [3.63, 3.8) is 0 Å². The summed E-state index contributed by atoms with van der Waals surface area (Å²) in [6.07, 6.45) is 4.23. The smallest absolute Gasteiger partial charge is 0.255 e. The van der Waals surface area contributed by atoms with Crippen LogP contribution in [0.3, 0.4) is 0 Å². The highest BCUT2D eigenvalue weighted by atomic mass is 32.2. The number of nitrogens with one attached hydrogen (secondary N) is 1. The SMILES string of the molecule is CCc1ccc(S(=O)(=O)N2CCN(C(=O)c3cc[nH]c3)CC2)cc1. The van der Waals surface area contributed by atoms with Gasteiger partial charge in [-0.1, -0.05) is 19.1 Å². The Morgan fingerprint density at radius 2 is 1.75 bits per heavy atom. The van der Waals surface area contributed by atoms with Crippen LogP contribution < -0.4 is 0 Å². The number of sulfonamides is 1. The lowest BCUT2D eigenvalue weighted by atomic mass is 10.2. The average molecular weight is 347 g/mol. The summed E-state index contributed by atoms with van der Waals surface area (Å²) >= 11 is 0. The second kappa shape index (κ2) is 6.78. The zero-order chi connectivity index (χ0) is 17.2. The number of piperazine rings is 1. The minimum atomic E-state index is -3.50. The van der Waals surface area contributed by atoms with Crippen molar-refractivity contribution in [3.05, 3.63) is 53.9 Å². The van der Waals surface area contributed by atoms with Gasteiger partial charge in [0, 0.05) is 38.6 Å². The normalized spacial score (nSPS) is 16.3. The third-order valence-electron chi connectivity index (χ3n) is 4.34. The summed E-state index contributed by atoms with van der Waals surface area (Å²) in [6.45, 7) is 3.46. The van der Waals surface area contributed by atoms with E-state index in [-0.39, 0.29) is 5.91 Å². The van der Waals surface area contributed by atoms with E-state index < -0.39 is 10.0 Å². The number of nitrogens with zero attached hydrogens (tertiary/aromatic N) is 2. The first-order valence-corrected chi connectivity index (χ1v) is 9.47. The topological polar surface area (TPSA) is 73.5 Å². The second-order valence-electron chi connectivity index (χ2n) is 5.79. The molecule has 1 N–H and O–H groups in total. The van der Waals surface area contributed by atoms with Gasteiger partial charge in [-0.15, -0.1) is 0 Å². The molecule has 2 aromatic rings. The van der Waals surface area contributed by atoms with Gasteiger partial charge in [0.05, 0.1) is 10.5 Å². The highest BCUT2D eigenvalue weighted by Crippen LogP contribution is 2.19. The molecule has 0 unspecified atom stereocenters. The molecule has 0 saturated carbocycles. The average Bonchev–Trinajstić information content (AvgIpc) is 3.16. The molecule has 128 valence electrons. The van der Waals surface area contributed by atoms with Gasteiger partial charge in [0.25, 0.3) is 5.91 Å². The Morgan fingerprint density at radius 1 is 1.08 bits per heavy atom. The minimum Gasteiger partial charge on any atom is -0.367 e. The maximum Gasteiger partial charge on any atom is 0.255 e. The van der Waals surface area contributed by atoms with Gasteiger partial charge in [0.1, 0.15) is 0 Å². The molecule has 1 aliphatic rings. The largest absolute Gasteiger partial charge is 0.367 e. The van der Waals surface area contributed by atoms with Crippen LogP contribution in [0.1, 0.15) is 22.8 Å². The molecular formula is C17H21N3O3S. The summed E-state index contributed by atoms with van der Waals surface area (Å²) in [5, 5.41) is 0. The van der Waals surface area contributed by atoms with Gasteiger partial charge in [0.15, 0.2) is 0 Å². The molecule has 3 rings (SSSR count). The lowest BCUT2D eigenvalue weighted by molar-refractivity contribution is 0.0698. The van der Waals surface area contributed by atoms with E-state index in [9.17, 15) is 13.2 Å². The van der Waals surface area contributed by atoms with Gasteiger partial charge in [-0.05, 0) is 30.2 Å². The molecular weight excluding hydrogens is 326 g/mol. The molecule has 1 aromatic heterocycles. The Labute approximate surface area is 142 Å². The van der Waals surface area contributed by atoms with Gasteiger partial charge in [-0.2, -0.15) is 4.31 Å². The summed E-state index contributed by atoms with van der Waals surface area (Å²) in [6, 6.07) is 8.73. The summed E-state index contributed by atoms with van der Waals surface area (Å²) < 4.78 is 26.9. The van der Waals surface area contributed by atoms with E-state index >= 15 is 0 Å². The van der Waals surface area contributed by atoms with Crippen LogP contribution in [-0.2, 0) is 16.4 Å². The van der Waals surface area contributed by atoms with E-state index in [1.54, 1.807) is 35.5 Å². The van der Waals surface area contributed by atoms with Crippen LogP contribution in [0.15, 0.2) is 47.6 Å². The predicted octanol–water partition coefficient (Wildman–Crippen LogP) is 1.72. The fraction of sp³-hybridized carbons (Fsp3) is 0.353. The molecule has 2 heterocycles. The summed E-state index contributed by atoms with van der Waals surface area (Å²) in [4.78, 5) is 17.2. The van der Waals surface area contributed by atoms with Crippen LogP contribution in [0.4, 0.5) is 0 Å². The van der Waals surface area contributed by atoms with Crippen LogP contribution in [0, 0.1) is 0 Å². The predicted molar refractivity (Wildman–Crippen MR) is 91.3 cm³/mol. The van der Waals surface area contributed by atoms with Crippen molar-refractivity contribution in [1.82, 2.24) is 14.2 Å². The van der Waals surface area contributed by atoms with Crippen LogP contribution >= 0.6 is 0 Å². The summed E-state index contributed by atoms with van der Waals surface area (Å²) in [7, 11) is -3.50. The van der Waals surface area contributed by atoms with E-state index in [0.717, 1.165) is 12.0 Å². The third kappa shape index (κ3) is 3.22. The Bertz CT molecular complexity index is 790. The second-order valence-corrected chi connectivity index (χ2v) is 7.73. The minimum absolute atomic E-state index is 0.0689. The van der Waals surface area contributed by atoms with Gasteiger partial charge >= 0.3 is 0 Å². The maximum atomic E-state index is 12.7. The quantitative estimate of drug-likeness (QED) is 0.915. The molecule has 0 bridgehead atoms. The molecule has 1 aromatic carbocycles. The Morgan fingerprint density at radius 3 is 2.29 bits per heavy atom. The number of H-pyrrole nitrogens is 1. The monoisotopic (exact) mass is 347 g/mol. The molecule has 6 nitrogen and oxygen atoms in total. The van der Waals surface area contributed by atoms with Gasteiger partial charge in [0.2, 0.25) is 10.0 Å². The molecule has 24 heavy (non-hydrogen) atoms. The standard InChI is InChI=1S/C17H21N3O3S/c1-2-14-3-5-16(6-4-14)24(22,23)20-11-9-19(10-12-20)17(21)15-7-8-18-13-15/h3-8,13,18H,2,9-12H2,1H3. The molecule has 1 saturated heterocycles. The fourth-order valence-electron chi connectivity index (χ4n) is 2.82. The number of carbonyl (C=O) groups excluding carboxylic acids is 1. The first-order chi connectivity index (χ1) is 11.5. The van der Waals surface area contributed by atoms with E-state index in [1.807, 2.05) is 19.1 Å². The lowest BCUT2D eigenvalue weighted by Crippen LogP contribution is -2.50. The number of aryl methyl sites for hydroxylation is 1. The van der Waals surface area contributed by atoms with E-state index in [2.05, 4.69) is 4.98 Å². The van der Waals surface area contributed by atoms with Gasteiger partial charge in [-0.25, -0.2) is 8.42 Å². The third-order valence-corrected chi connectivity index (χ3v) is 6.25. The molecule has 1 fully saturated rings. The molecule has 1 aliphatic heterocycles. The van der Waals surface area contributed by atoms with Crippen LogP contribution in [0.2, 0.25) is 0 Å². The zero-order valence-electron chi connectivity index (χ0n) is 13.6. The van der Waals surface area contributed by atoms with Crippen molar-refractivity contribution in [3.8, 4) is 0 Å². The zero-order valence-corrected chi connectivity index (χ0v) is 14.4. The Hall–Kier alpha value is -2.12. The number of carbonyl (C=O) groups is 1. The first kappa shape index (κ1) is 16.7. The summed E-state index contributed by atoms with van der Waals surface area (Å²) in [5.74, 6) is -0.0689. The van der Waals surface area contributed by atoms with E-state index in [4.69, 9.17) is 0 Å². The van der Waals surface area contributed by atoms with Crippen molar-refractivity contribution in [2.45, 2.75) is 18.2 Å². The number of benzene rings is 1. The highest BCUT2D eigenvalue weighted by molar-refractivity contribution is 7.89. The van der Waals surface area contributed by atoms with E-state index in [1.165, 1.54) is 4.31 Å². The number of aromatic amines is 1. The fourth-order valence-corrected chi connectivity index (χ4v) is 4.24. The molecule has 0 spiro atoms. The van der Waals surface area contributed by atoms with Crippen LogP contribution in [0.5, 0.6) is 0 Å². The Kier molecular flexibility index (Phi) is 4.73. The molecule has 0 radical (unpaired) electrons. The molecule has 7 heteroatoms. The number of aromatic nitrogens is 1. The molecule has 0 aliphatic carbocycles. The van der Waals surface area contributed by atoms with Crippen LogP contribution in [-0.4, -0.2) is 54.7 Å². The van der Waals surface area contributed by atoms with E-state index in [0.29, 0.717) is 36.6 Å². The van der Waals surface area contributed by atoms with Crippen LogP contribution in [0.25, 0.3) is 0 Å². The maximum absolute atomic E-state index is 12.7. The summed E-state index contributed by atoms with van der Waals surface area (Å²) in [5.41, 5.74) is 1.71. The molecule has 1 amide bonds. The van der Waals surface area contributed by atoms with Crippen molar-refractivity contribution in [2.75, 3.05) is 26.2 Å². The highest BCUT2D eigenvalue weighted by Gasteiger charge is 2.30. The lowest BCUT2D eigenvalue weighted by Gasteiger charge is -2.33. The number of amides is 1. The van der Waals surface area contributed by atoms with Crippen molar-refractivity contribution in [2.24, 2.45) is 0 Å². The van der Waals surface area contributed by atoms with Crippen molar-refractivity contribution < 1.29 is 13.2 Å². The first-order valence-electron chi connectivity index (χ1n) is 8.03. The van der Waals surface area contributed by atoms with Gasteiger partial charge < -0.3 is 9.88 Å². The van der Waals surface area contributed by atoms with Crippen molar-refractivity contribution >= 4 is 15.9 Å². The molecule has 0 atom stereocenters. The van der Waals surface area contributed by atoms with Gasteiger partial charge in [-0.3, -0.25) is 4.79 Å². The number of hydrogen-bond acceptors (Lipinski definition) is 3.